The van der Waals surface area contributed by atoms with Crippen molar-refractivity contribution in [3.63, 3.8) is 0 Å². The number of halogens is 1. The van der Waals surface area contributed by atoms with Gasteiger partial charge in [-0.05, 0) is 30.2 Å². The quantitative estimate of drug-likeness (QED) is 0.884. The standard InChI is InChI=1S/C13H12ClNO/c14-12-4-2-1-3-11(12)13-9-10(6-8-16)5-7-15-13/h1-5,7,9,16H,6,8H2. The van der Waals surface area contributed by atoms with Crippen molar-refractivity contribution in [2.24, 2.45) is 0 Å². The van der Waals surface area contributed by atoms with E-state index in [1.165, 1.54) is 0 Å². The van der Waals surface area contributed by atoms with Crippen LogP contribution in [0, 0.1) is 0 Å². The molecular weight excluding hydrogens is 222 g/mol. The lowest BCUT2D eigenvalue weighted by atomic mass is 10.1. The monoisotopic (exact) mass is 233 g/mol. The van der Waals surface area contributed by atoms with Gasteiger partial charge in [0.25, 0.3) is 0 Å². The van der Waals surface area contributed by atoms with Crippen LogP contribution in [0.5, 0.6) is 0 Å². The van der Waals surface area contributed by atoms with Gasteiger partial charge >= 0.3 is 0 Å². The van der Waals surface area contributed by atoms with E-state index in [4.69, 9.17) is 16.7 Å². The molecule has 0 aliphatic rings. The maximum atomic E-state index is 8.89. The molecular formula is C13H12ClNO. The van der Waals surface area contributed by atoms with Gasteiger partial charge in [-0.25, -0.2) is 0 Å². The van der Waals surface area contributed by atoms with Crippen LogP contribution in [0.15, 0.2) is 42.6 Å². The highest BCUT2D eigenvalue weighted by Crippen LogP contribution is 2.26. The topological polar surface area (TPSA) is 33.1 Å². The molecule has 1 aromatic carbocycles. The first-order chi connectivity index (χ1) is 7.81. The van der Waals surface area contributed by atoms with Crippen molar-refractivity contribution < 1.29 is 5.11 Å². The minimum Gasteiger partial charge on any atom is -0.396 e. The largest absolute Gasteiger partial charge is 0.396 e. The van der Waals surface area contributed by atoms with E-state index in [1.807, 2.05) is 36.4 Å². The molecule has 0 aliphatic carbocycles. The molecule has 0 spiro atoms. The van der Waals surface area contributed by atoms with Crippen LogP contribution < -0.4 is 0 Å². The van der Waals surface area contributed by atoms with Crippen LogP contribution in [-0.2, 0) is 6.42 Å². The molecule has 16 heavy (non-hydrogen) atoms. The van der Waals surface area contributed by atoms with E-state index in [0.29, 0.717) is 11.4 Å². The van der Waals surface area contributed by atoms with Gasteiger partial charge < -0.3 is 5.11 Å². The number of rotatable bonds is 3. The van der Waals surface area contributed by atoms with Crippen molar-refractivity contribution in [3.05, 3.63) is 53.2 Å². The normalized spacial score (nSPS) is 10.4. The van der Waals surface area contributed by atoms with Gasteiger partial charge in [0.1, 0.15) is 0 Å². The van der Waals surface area contributed by atoms with Crippen LogP contribution in [0.3, 0.4) is 0 Å². The molecule has 2 aromatic rings. The van der Waals surface area contributed by atoms with Crippen LogP contribution in [0.2, 0.25) is 5.02 Å². The average Bonchev–Trinajstić information content (AvgIpc) is 2.30. The molecule has 2 nitrogen and oxygen atoms in total. The van der Waals surface area contributed by atoms with Gasteiger partial charge in [0.2, 0.25) is 0 Å². The molecule has 82 valence electrons. The SMILES string of the molecule is OCCc1ccnc(-c2ccccc2Cl)c1. The first-order valence-corrected chi connectivity index (χ1v) is 5.50. The Bertz CT molecular complexity index is 485. The van der Waals surface area contributed by atoms with Gasteiger partial charge in [0.05, 0.1) is 5.69 Å². The predicted octanol–water partition coefficient (Wildman–Crippen LogP) is 2.94. The second kappa shape index (κ2) is 5.10. The molecule has 0 radical (unpaired) electrons. The number of aromatic nitrogens is 1. The maximum absolute atomic E-state index is 8.89. The molecule has 0 amide bonds. The fourth-order valence-corrected chi connectivity index (χ4v) is 1.81. The van der Waals surface area contributed by atoms with E-state index in [2.05, 4.69) is 4.98 Å². The van der Waals surface area contributed by atoms with Gasteiger partial charge in [0, 0.05) is 23.4 Å². The lowest BCUT2D eigenvalue weighted by Crippen LogP contribution is -1.92. The molecule has 1 aromatic heterocycles. The highest BCUT2D eigenvalue weighted by molar-refractivity contribution is 6.33. The van der Waals surface area contributed by atoms with Crippen molar-refractivity contribution in [1.29, 1.82) is 0 Å². The van der Waals surface area contributed by atoms with Gasteiger partial charge in [-0.2, -0.15) is 0 Å². The molecule has 0 fully saturated rings. The Labute approximate surface area is 99.5 Å². The van der Waals surface area contributed by atoms with Crippen LogP contribution in [0.25, 0.3) is 11.3 Å². The van der Waals surface area contributed by atoms with E-state index < -0.39 is 0 Å². The number of nitrogens with zero attached hydrogens (tertiary/aromatic N) is 1. The third-order valence-electron chi connectivity index (χ3n) is 2.37. The van der Waals surface area contributed by atoms with Gasteiger partial charge in [-0.1, -0.05) is 29.8 Å². The Kier molecular flexibility index (Phi) is 3.54. The summed E-state index contributed by atoms with van der Waals surface area (Å²) in [7, 11) is 0. The number of hydrogen-bond acceptors (Lipinski definition) is 2. The summed E-state index contributed by atoms with van der Waals surface area (Å²) >= 11 is 6.10. The zero-order chi connectivity index (χ0) is 11.4. The summed E-state index contributed by atoms with van der Waals surface area (Å²) in [5.74, 6) is 0. The summed E-state index contributed by atoms with van der Waals surface area (Å²) < 4.78 is 0. The Balaban J connectivity index is 2.40. The zero-order valence-corrected chi connectivity index (χ0v) is 9.48. The summed E-state index contributed by atoms with van der Waals surface area (Å²) in [6, 6.07) is 11.5. The Hall–Kier alpha value is -1.38. The number of hydrogen-bond donors (Lipinski definition) is 1. The first kappa shape index (κ1) is 11.1. The van der Waals surface area contributed by atoms with E-state index in [9.17, 15) is 0 Å². The van der Waals surface area contributed by atoms with Crippen molar-refractivity contribution in [2.45, 2.75) is 6.42 Å². The van der Waals surface area contributed by atoms with Crippen molar-refractivity contribution in [3.8, 4) is 11.3 Å². The molecule has 0 atom stereocenters. The van der Waals surface area contributed by atoms with Gasteiger partial charge in [0.15, 0.2) is 0 Å². The van der Waals surface area contributed by atoms with E-state index >= 15 is 0 Å². The third kappa shape index (κ3) is 2.40. The Morgan fingerprint density at radius 1 is 1.19 bits per heavy atom. The molecule has 0 aliphatic heterocycles. The molecule has 1 heterocycles. The maximum Gasteiger partial charge on any atom is 0.0719 e. The Morgan fingerprint density at radius 3 is 2.75 bits per heavy atom. The second-order valence-corrected chi connectivity index (χ2v) is 3.91. The molecule has 0 bridgehead atoms. The summed E-state index contributed by atoms with van der Waals surface area (Å²) in [5, 5.41) is 9.58. The van der Waals surface area contributed by atoms with Gasteiger partial charge in [-0.3, -0.25) is 4.98 Å². The van der Waals surface area contributed by atoms with Crippen LogP contribution >= 0.6 is 11.6 Å². The fourth-order valence-electron chi connectivity index (χ4n) is 1.58. The summed E-state index contributed by atoms with van der Waals surface area (Å²) in [5.41, 5.74) is 2.83. The Morgan fingerprint density at radius 2 is 2.00 bits per heavy atom. The molecule has 3 heteroatoms. The van der Waals surface area contributed by atoms with Crippen LogP contribution in [0.4, 0.5) is 0 Å². The van der Waals surface area contributed by atoms with Crippen LogP contribution in [-0.4, -0.2) is 16.7 Å². The highest BCUT2D eigenvalue weighted by atomic mass is 35.5. The van der Waals surface area contributed by atoms with Crippen molar-refractivity contribution in [1.82, 2.24) is 4.98 Å². The van der Waals surface area contributed by atoms with Crippen molar-refractivity contribution in [2.75, 3.05) is 6.61 Å². The zero-order valence-electron chi connectivity index (χ0n) is 8.73. The molecule has 0 saturated heterocycles. The number of aliphatic hydroxyl groups excluding tert-OH is 1. The predicted molar refractivity (Wildman–Crippen MR) is 65.5 cm³/mol. The molecule has 1 N–H and O–H groups in total. The first-order valence-electron chi connectivity index (χ1n) is 5.12. The summed E-state index contributed by atoms with van der Waals surface area (Å²) in [6.07, 6.45) is 2.38. The van der Waals surface area contributed by atoms with Gasteiger partial charge in [-0.15, -0.1) is 0 Å². The van der Waals surface area contributed by atoms with E-state index in [0.717, 1.165) is 16.8 Å². The molecule has 2 rings (SSSR count). The summed E-state index contributed by atoms with van der Waals surface area (Å²) in [4.78, 5) is 4.29. The number of pyridine rings is 1. The highest BCUT2D eigenvalue weighted by Gasteiger charge is 2.04. The smallest absolute Gasteiger partial charge is 0.0719 e. The fraction of sp³-hybridized carbons (Fsp3) is 0.154. The lowest BCUT2D eigenvalue weighted by Gasteiger charge is -2.05. The minimum atomic E-state index is 0.145. The van der Waals surface area contributed by atoms with Crippen LogP contribution in [0.1, 0.15) is 5.56 Å². The molecule has 0 saturated carbocycles. The van der Waals surface area contributed by atoms with Crippen molar-refractivity contribution >= 4 is 11.6 Å². The average molecular weight is 234 g/mol. The molecule has 0 unspecified atom stereocenters. The summed E-state index contributed by atoms with van der Waals surface area (Å²) in [6.45, 7) is 0.145. The lowest BCUT2D eigenvalue weighted by molar-refractivity contribution is 0.299. The number of benzene rings is 1. The van der Waals surface area contributed by atoms with E-state index in [-0.39, 0.29) is 6.61 Å². The number of aliphatic hydroxyl groups is 1. The second-order valence-electron chi connectivity index (χ2n) is 3.50. The third-order valence-corrected chi connectivity index (χ3v) is 2.70. The minimum absolute atomic E-state index is 0.145. The van der Waals surface area contributed by atoms with E-state index in [1.54, 1.807) is 6.20 Å².